The molecule has 0 saturated carbocycles. The summed E-state index contributed by atoms with van der Waals surface area (Å²) < 4.78 is 0. The third-order valence-electron chi connectivity index (χ3n) is 5.85. The second-order valence-electron chi connectivity index (χ2n) is 7.40. The van der Waals surface area contributed by atoms with Gasteiger partial charge in [-0.25, -0.2) is 0 Å². The molecule has 0 spiro atoms. The summed E-state index contributed by atoms with van der Waals surface area (Å²) in [6.07, 6.45) is 10.2. The minimum atomic E-state index is -0.0647. The Morgan fingerprint density at radius 2 is 2.12 bits per heavy atom. The maximum Gasteiger partial charge on any atom is 0.220 e. The second-order valence-corrected chi connectivity index (χ2v) is 8.54. The first-order valence-electron chi connectivity index (χ1n) is 9.28. The minimum Gasteiger partial charge on any atom is -0.351 e. The molecular formula is C19H23N3O2S. The zero-order chi connectivity index (χ0) is 17.4. The van der Waals surface area contributed by atoms with E-state index >= 15 is 0 Å². The van der Waals surface area contributed by atoms with Gasteiger partial charge in [0.25, 0.3) is 0 Å². The molecule has 1 aromatic rings. The fourth-order valence-electron chi connectivity index (χ4n) is 4.56. The van der Waals surface area contributed by atoms with E-state index in [1.54, 1.807) is 11.3 Å². The second kappa shape index (κ2) is 6.80. The summed E-state index contributed by atoms with van der Waals surface area (Å²) in [5.74, 6) is 0.0197. The summed E-state index contributed by atoms with van der Waals surface area (Å²) in [6.45, 7) is 0. The molecular weight excluding hydrogens is 334 g/mol. The van der Waals surface area contributed by atoms with Crippen molar-refractivity contribution in [1.29, 1.82) is 5.26 Å². The lowest BCUT2D eigenvalue weighted by atomic mass is 9.95. The number of hydrogen-bond acceptors (Lipinski definition) is 5. The third-order valence-corrected chi connectivity index (χ3v) is 7.13. The average molecular weight is 357 g/mol. The van der Waals surface area contributed by atoms with Crippen LogP contribution in [0.5, 0.6) is 0 Å². The molecule has 1 aromatic heterocycles. The quantitative estimate of drug-likeness (QED) is 0.650. The molecule has 1 N–H and O–H groups in total. The van der Waals surface area contributed by atoms with Gasteiger partial charge in [0.15, 0.2) is 12.0 Å². The lowest BCUT2D eigenvalue weighted by Gasteiger charge is -2.21. The monoisotopic (exact) mass is 357 g/mol. The van der Waals surface area contributed by atoms with Gasteiger partial charge in [-0.3, -0.25) is 9.59 Å². The van der Waals surface area contributed by atoms with Crippen molar-refractivity contribution in [2.24, 2.45) is 0 Å². The van der Waals surface area contributed by atoms with Gasteiger partial charge in [-0.1, -0.05) is 0 Å². The predicted molar refractivity (Wildman–Crippen MR) is 95.3 cm³/mol. The Hall–Kier alpha value is -1.87. The van der Waals surface area contributed by atoms with E-state index in [0.717, 1.165) is 37.0 Å². The molecule has 0 radical (unpaired) electrons. The number of nitrogens with zero attached hydrogens (tertiary/aromatic N) is 2. The van der Waals surface area contributed by atoms with Gasteiger partial charge < -0.3 is 10.2 Å². The van der Waals surface area contributed by atoms with Gasteiger partial charge in [-0.15, -0.1) is 11.3 Å². The highest BCUT2D eigenvalue weighted by Crippen LogP contribution is 2.37. The Balaban J connectivity index is 1.28. The molecule has 6 heteroatoms. The Kier molecular flexibility index (Phi) is 4.51. The third kappa shape index (κ3) is 3.18. The van der Waals surface area contributed by atoms with Gasteiger partial charge in [-0.05, 0) is 56.6 Å². The lowest BCUT2D eigenvalue weighted by molar-refractivity contribution is -0.121. The topological polar surface area (TPSA) is 73.2 Å². The van der Waals surface area contributed by atoms with Crippen molar-refractivity contribution >= 4 is 23.0 Å². The van der Waals surface area contributed by atoms with Crippen molar-refractivity contribution in [3.05, 3.63) is 21.4 Å². The van der Waals surface area contributed by atoms with E-state index in [-0.39, 0.29) is 36.6 Å². The highest BCUT2D eigenvalue weighted by atomic mass is 32.1. The molecule has 3 aliphatic rings. The fourth-order valence-corrected chi connectivity index (χ4v) is 5.78. The summed E-state index contributed by atoms with van der Waals surface area (Å²) in [5, 5.41) is 12.2. The summed E-state index contributed by atoms with van der Waals surface area (Å²) in [7, 11) is 0. The lowest BCUT2D eigenvalue weighted by Crippen LogP contribution is -2.43. The van der Waals surface area contributed by atoms with E-state index in [2.05, 4.69) is 11.5 Å². The van der Waals surface area contributed by atoms with Crippen molar-refractivity contribution in [2.45, 2.75) is 75.9 Å². The number of nitrogens with one attached hydrogen (secondary N) is 1. The van der Waals surface area contributed by atoms with E-state index in [9.17, 15) is 14.9 Å². The van der Waals surface area contributed by atoms with Crippen molar-refractivity contribution in [3.8, 4) is 6.19 Å². The molecule has 3 atom stereocenters. The zero-order valence-corrected chi connectivity index (χ0v) is 15.1. The van der Waals surface area contributed by atoms with Crippen LogP contribution in [-0.2, 0) is 17.6 Å². The largest absolute Gasteiger partial charge is 0.351 e. The van der Waals surface area contributed by atoms with E-state index in [1.807, 2.05) is 11.0 Å². The van der Waals surface area contributed by atoms with Crippen molar-refractivity contribution in [1.82, 2.24) is 10.2 Å². The standard InChI is InChI=1S/C19H23N3O2S/c20-11-22-13-5-6-15(22)14(10-13)21-19(24)8-7-16(23)18-9-12-3-1-2-4-17(12)25-18/h9,13-15H,1-8,10H2,(H,21,24)/t13-,14+,15+/m0/s1. The van der Waals surface area contributed by atoms with Crippen molar-refractivity contribution in [3.63, 3.8) is 0 Å². The Morgan fingerprint density at radius 3 is 2.88 bits per heavy atom. The van der Waals surface area contributed by atoms with Gasteiger partial charge in [0, 0.05) is 23.8 Å². The fraction of sp³-hybridized carbons (Fsp3) is 0.632. The van der Waals surface area contributed by atoms with Crippen LogP contribution in [0.15, 0.2) is 6.07 Å². The van der Waals surface area contributed by atoms with Crippen LogP contribution in [0.4, 0.5) is 0 Å². The number of aryl methyl sites for hydroxylation is 2. The SMILES string of the molecule is N#CN1[C@H]2CC[C@@H]1[C@H](NC(=O)CCC(=O)c1cc3c(s1)CCCC3)C2. The summed E-state index contributed by atoms with van der Waals surface area (Å²) in [5.41, 5.74) is 1.34. The molecule has 5 nitrogen and oxygen atoms in total. The first-order chi connectivity index (χ1) is 12.2. The van der Waals surface area contributed by atoms with Crippen molar-refractivity contribution in [2.75, 3.05) is 0 Å². The number of nitriles is 1. The van der Waals surface area contributed by atoms with Crippen LogP contribution in [0, 0.1) is 11.5 Å². The number of rotatable bonds is 5. The molecule has 132 valence electrons. The zero-order valence-electron chi connectivity index (χ0n) is 14.3. The Bertz CT molecular complexity index is 712. The van der Waals surface area contributed by atoms with Gasteiger partial charge in [-0.2, -0.15) is 5.26 Å². The number of carbonyl (C=O) groups is 2. The highest BCUT2D eigenvalue weighted by molar-refractivity contribution is 7.14. The number of amides is 1. The molecule has 0 unspecified atom stereocenters. The number of thiophene rings is 1. The first-order valence-corrected chi connectivity index (χ1v) is 10.1. The average Bonchev–Trinajstić information content (AvgIpc) is 3.30. The molecule has 0 aromatic carbocycles. The van der Waals surface area contributed by atoms with Crippen LogP contribution in [0.25, 0.3) is 0 Å². The van der Waals surface area contributed by atoms with E-state index in [1.165, 1.54) is 23.3 Å². The van der Waals surface area contributed by atoms with Crippen LogP contribution in [0.3, 0.4) is 0 Å². The van der Waals surface area contributed by atoms with Crippen LogP contribution < -0.4 is 5.32 Å². The van der Waals surface area contributed by atoms with E-state index in [4.69, 9.17) is 0 Å². The van der Waals surface area contributed by atoms with Gasteiger partial charge >= 0.3 is 0 Å². The molecule has 2 saturated heterocycles. The van der Waals surface area contributed by atoms with Crippen LogP contribution >= 0.6 is 11.3 Å². The van der Waals surface area contributed by atoms with E-state index < -0.39 is 0 Å². The van der Waals surface area contributed by atoms with Gasteiger partial charge in [0.1, 0.15) is 0 Å². The molecule has 1 amide bonds. The van der Waals surface area contributed by atoms with Gasteiger partial charge in [0.2, 0.25) is 5.91 Å². The predicted octanol–water partition coefficient (Wildman–Crippen LogP) is 2.79. The molecule has 25 heavy (non-hydrogen) atoms. The normalized spacial score (nSPS) is 27.0. The number of fused-ring (bicyclic) bond motifs is 3. The Labute approximate surface area is 152 Å². The first kappa shape index (κ1) is 16.6. The summed E-state index contributed by atoms with van der Waals surface area (Å²) >= 11 is 1.62. The highest BCUT2D eigenvalue weighted by Gasteiger charge is 2.46. The van der Waals surface area contributed by atoms with Crippen LogP contribution in [-0.4, -0.2) is 34.7 Å². The van der Waals surface area contributed by atoms with Crippen LogP contribution in [0.1, 0.15) is 65.1 Å². The molecule has 2 aliphatic heterocycles. The number of carbonyl (C=O) groups excluding carboxylic acids is 2. The molecule has 2 bridgehead atoms. The van der Waals surface area contributed by atoms with Gasteiger partial charge in [0.05, 0.1) is 17.0 Å². The maximum atomic E-state index is 12.4. The molecule has 1 aliphatic carbocycles. The van der Waals surface area contributed by atoms with Crippen molar-refractivity contribution < 1.29 is 9.59 Å². The summed E-state index contributed by atoms with van der Waals surface area (Å²) in [6, 6.07) is 2.55. The smallest absolute Gasteiger partial charge is 0.220 e. The number of Topliss-reactive ketones (excluding diaryl/α,β-unsaturated/α-hetero) is 1. The molecule has 3 heterocycles. The van der Waals surface area contributed by atoms with E-state index in [0.29, 0.717) is 6.04 Å². The maximum absolute atomic E-state index is 12.4. The minimum absolute atomic E-state index is 0.0647. The molecule has 2 fully saturated rings. The number of ketones is 1. The number of hydrogen-bond donors (Lipinski definition) is 1. The van der Waals surface area contributed by atoms with Crippen LogP contribution in [0.2, 0.25) is 0 Å². The molecule has 4 rings (SSSR count). The Morgan fingerprint density at radius 1 is 1.28 bits per heavy atom. The summed E-state index contributed by atoms with van der Waals surface area (Å²) in [4.78, 5) is 28.7.